The van der Waals surface area contributed by atoms with Crippen molar-refractivity contribution in [3.8, 4) is 11.1 Å². The predicted octanol–water partition coefficient (Wildman–Crippen LogP) is 5.03. The summed E-state index contributed by atoms with van der Waals surface area (Å²) in [5, 5.41) is 5.45. The quantitative estimate of drug-likeness (QED) is 0.764. The second-order valence-electron chi connectivity index (χ2n) is 6.79. The second kappa shape index (κ2) is 7.40. The van der Waals surface area contributed by atoms with E-state index in [1.165, 1.54) is 11.3 Å². The van der Waals surface area contributed by atoms with Crippen molar-refractivity contribution in [3.05, 3.63) is 40.8 Å². The maximum absolute atomic E-state index is 12.7. The van der Waals surface area contributed by atoms with E-state index in [4.69, 9.17) is 4.74 Å². The molecular formula is C20H23NO3S. The molecule has 0 bridgehead atoms. The van der Waals surface area contributed by atoms with E-state index in [2.05, 4.69) is 5.32 Å². The molecule has 132 valence electrons. The van der Waals surface area contributed by atoms with E-state index in [1.807, 2.05) is 50.4 Å². The first-order valence-electron chi connectivity index (χ1n) is 8.66. The molecule has 5 heteroatoms. The Morgan fingerprint density at radius 3 is 2.64 bits per heavy atom. The summed E-state index contributed by atoms with van der Waals surface area (Å²) < 4.78 is 5.43. The Morgan fingerprint density at radius 2 is 2.04 bits per heavy atom. The molecule has 1 fully saturated rings. The van der Waals surface area contributed by atoms with Crippen molar-refractivity contribution in [2.45, 2.75) is 46.1 Å². The minimum absolute atomic E-state index is 0.00230. The van der Waals surface area contributed by atoms with Crippen molar-refractivity contribution < 1.29 is 14.3 Å². The van der Waals surface area contributed by atoms with Crippen molar-refractivity contribution >= 4 is 28.2 Å². The topological polar surface area (TPSA) is 55.4 Å². The van der Waals surface area contributed by atoms with Crippen LogP contribution in [0.1, 0.15) is 49.0 Å². The number of hydrogen-bond donors (Lipinski definition) is 1. The van der Waals surface area contributed by atoms with Crippen molar-refractivity contribution in [1.82, 2.24) is 0 Å². The molecule has 1 amide bonds. The van der Waals surface area contributed by atoms with Gasteiger partial charge >= 0.3 is 5.97 Å². The average Bonchev–Trinajstić information content (AvgIpc) is 2.88. The molecular weight excluding hydrogens is 334 g/mol. The lowest BCUT2D eigenvalue weighted by Gasteiger charge is -2.24. The number of thiophene rings is 1. The third kappa shape index (κ3) is 3.93. The van der Waals surface area contributed by atoms with E-state index in [1.54, 1.807) is 0 Å². The zero-order valence-electron chi connectivity index (χ0n) is 14.8. The van der Waals surface area contributed by atoms with Gasteiger partial charge in [-0.1, -0.05) is 36.2 Å². The first kappa shape index (κ1) is 17.7. The van der Waals surface area contributed by atoms with Crippen LogP contribution in [0.15, 0.2) is 29.6 Å². The molecule has 1 aliphatic carbocycles. The highest BCUT2D eigenvalue weighted by Crippen LogP contribution is 2.38. The van der Waals surface area contributed by atoms with Crippen LogP contribution >= 0.6 is 11.3 Å². The van der Waals surface area contributed by atoms with E-state index in [0.717, 1.165) is 36.0 Å². The highest BCUT2D eigenvalue weighted by molar-refractivity contribution is 7.15. The Balaban J connectivity index is 1.97. The van der Waals surface area contributed by atoms with Gasteiger partial charge < -0.3 is 10.1 Å². The summed E-state index contributed by atoms with van der Waals surface area (Å²) in [6.07, 6.45) is 2.73. The summed E-state index contributed by atoms with van der Waals surface area (Å²) in [5.41, 5.74) is 3.34. The van der Waals surface area contributed by atoms with Gasteiger partial charge in [0, 0.05) is 16.9 Å². The monoisotopic (exact) mass is 357 g/mol. The summed E-state index contributed by atoms with van der Waals surface area (Å²) >= 11 is 1.38. The molecule has 2 aromatic rings. The van der Waals surface area contributed by atoms with Crippen LogP contribution in [-0.2, 0) is 9.53 Å². The summed E-state index contributed by atoms with van der Waals surface area (Å²) in [6.45, 7) is 5.66. The lowest BCUT2D eigenvalue weighted by Crippen LogP contribution is -2.28. The van der Waals surface area contributed by atoms with Gasteiger partial charge in [0.2, 0.25) is 5.91 Å². The number of esters is 1. The number of carbonyl (C=O) groups excluding carboxylic acids is 2. The van der Waals surface area contributed by atoms with Gasteiger partial charge in [0.15, 0.2) is 0 Å². The second-order valence-corrected chi connectivity index (χ2v) is 7.67. The first-order chi connectivity index (χ1) is 12.0. The van der Waals surface area contributed by atoms with Crippen LogP contribution in [0.5, 0.6) is 0 Å². The number of anilines is 1. The molecule has 0 saturated heterocycles. The average molecular weight is 357 g/mol. The fourth-order valence-electron chi connectivity index (χ4n) is 2.84. The zero-order valence-corrected chi connectivity index (χ0v) is 15.6. The van der Waals surface area contributed by atoms with Crippen LogP contribution < -0.4 is 5.32 Å². The van der Waals surface area contributed by atoms with Gasteiger partial charge in [0.05, 0.1) is 6.10 Å². The Bertz CT molecular complexity index is 790. The van der Waals surface area contributed by atoms with Crippen LogP contribution in [0.4, 0.5) is 5.00 Å². The lowest BCUT2D eigenvalue weighted by molar-refractivity contribution is -0.122. The van der Waals surface area contributed by atoms with E-state index in [9.17, 15) is 9.59 Å². The molecule has 1 heterocycles. The molecule has 1 aromatic carbocycles. The van der Waals surface area contributed by atoms with Crippen LogP contribution in [0, 0.1) is 12.8 Å². The first-order valence-corrected chi connectivity index (χ1v) is 9.54. The molecule has 1 aromatic heterocycles. The molecule has 1 N–H and O–H groups in total. The Hall–Kier alpha value is -2.14. The van der Waals surface area contributed by atoms with E-state index in [0.29, 0.717) is 10.6 Å². The molecule has 1 saturated carbocycles. The SMILES string of the molecule is Cc1cccc(-c2csc(NC(=O)C3CCC3)c2C(=O)OC(C)C)c1. The fraction of sp³-hybridized carbons (Fsp3) is 0.400. The van der Waals surface area contributed by atoms with Gasteiger partial charge in [-0.2, -0.15) is 0 Å². The molecule has 0 unspecified atom stereocenters. The largest absolute Gasteiger partial charge is 0.459 e. The fourth-order valence-corrected chi connectivity index (χ4v) is 3.80. The highest BCUT2D eigenvalue weighted by atomic mass is 32.1. The number of amides is 1. The van der Waals surface area contributed by atoms with Gasteiger partial charge in [0.1, 0.15) is 10.6 Å². The van der Waals surface area contributed by atoms with Crippen LogP contribution in [0.25, 0.3) is 11.1 Å². The van der Waals surface area contributed by atoms with Crippen molar-refractivity contribution in [2.75, 3.05) is 5.32 Å². The number of ether oxygens (including phenoxy) is 1. The Kier molecular flexibility index (Phi) is 5.23. The van der Waals surface area contributed by atoms with Gasteiger partial charge in [0.25, 0.3) is 0 Å². The molecule has 4 nitrogen and oxygen atoms in total. The maximum atomic E-state index is 12.7. The van der Waals surface area contributed by atoms with E-state index < -0.39 is 5.97 Å². The van der Waals surface area contributed by atoms with Crippen molar-refractivity contribution in [3.63, 3.8) is 0 Å². The molecule has 0 aliphatic heterocycles. The standard InChI is InChI=1S/C20H23NO3S/c1-12(2)24-20(23)17-16(15-9-4-6-13(3)10-15)11-25-19(17)21-18(22)14-7-5-8-14/h4,6,9-12,14H,5,7-8H2,1-3H3,(H,21,22). The van der Waals surface area contributed by atoms with Crippen LogP contribution in [-0.4, -0.2) is 18.0 Å². The summed E-state index contributed by atoms with van der Waals surface area (Å²) in [7, 11) is 0. The number of rotatable bonds is 5. The highest BCUT2D eigenvalue weighted by Gasteiger charge is 2.29. The Morgan fingerprint density at radius 1 is 1.28 bits per heavy atom. The van der Waals surface area contributed by atoms with Crippen molar-refractivity contribution in [2.24, 2.45) is 5.92 Å². The number of nitrogens with one attached hydrogen (secondary N) is 1. The normalized spacial score (nSPS) is 14.2. The third-order valence-electron chi connectivity index (χ3n) is 4.38. The summed E-state index contributed by atoms with van der Waals surface area (Å²) in [5.74, 6) is -0.322. The predicted molar refractivity (Wildman–Crippen MR) is 101 cm³/mol. The van der Waals surface area contributed by atoms with Crippen molar-refractivity contribution in [1.29, 1.82) is 0 Å². The third-order valence-corrected chi connectivity index (χ3v) is 5.28. The number of hydrogen-bond acceptors (Lipinski definition) is 4. The lowest BCUT2D eigenvalue weighted by atomic mass is 9.85. The molecule has 3 rings (SSSR count). The van der Waals surface area contributed by atoms with Gasteiger partial charge in [-0.3, -0.25) is 4.79 Å². The van der Waals surface area contributed by atoms with Crippen LogP contribution in [0.3, 0.4) is 0 Å². The molecule has 0 radical (unpaired) electrons. The smallest absolute Gasteiger partial charge is 0.342 e. The summed E-state index contributed by atoms with van der Waals surface area (Å²) in [4.78, 5) is 25.0. The zero-order chi connectivity index (χ0) is 18.0. The number of benzene rings is 1. The van der Waals surface area contributed by atoms with Gasteiger partial charge in [-0.15, -0.1) is 11.3 Å². The van der Waals surface area contributed by atoms with Crippen LogP contribution in [0.2, 0.25) is 0 Å². The van der Waals surface area contributed by atoms with Gasteiger partial charge in [-0.05, 0) is 39.2 Å². The minimum atomic E-state index is -0.392. The van der Waals surface area contributed by atoms with Gasteiger partial charge in [-0.25, -0.2) is 4.79 Å². The Labute approximate surface area is 152 Å². The molecule has 0 spiro atoms. The number of aryl methyl sites for hydroxylation is 1. The number of carbonyl (C=O) groups is 2. The molecule has 0 atom stereocenters. The summed E-state index contributed by atoms with van der Waals surface area (Å²) in [6, 6.07) is 7.98. The molecule has 25 heavy (non-hydrogen) atoms. The molecule has 1 aliphatic rings. The van der Waals surface area contributed by atoms with E-state index in [-0.39, 0.29) is 17.9 Å². The van der Waals surface area contributed by atoms with E-state index >= 15 is 0 Å². The minimum Gasteiger partial charge on any atom is -0.459 e. The maximum Gasteiger partial charge on any atom is 0.342 e.